The first-order valence-electron chi connectivity index (χ1n) is 7.42. The lowest BCUT2D eigenvalue weighted by molar-refractivity contribution is 0.0692. The molecule has 1 amide bonds. The average Bonchev–Trinajstić information content (AvgIpc) is 2.80. The first-order valence-corrected chi connectivity index (χ1v) is 7.42. The number of carboxylic acid groups (broad SMARTS) is 1. The number of carbonyl (C=O) groups is 2. The third-order valence-electron chi connectivity index (χ3n) is 4.10. The highest BCUT2D eigenvalue weighted by Gasteiger charge is 2.39. The fourth-order valence-corrected chi connectivity index (χ4v) is 3.13. The first-order chi connectivity index (χ1) is 11.0. The number of carboxylic acids is 1. The molecule has 0 saturated heterocycles. The van der Waals surface area contributed by atoms with Crippen LogP contribution in [0.25, 0.3) is 0 Å². The van der Waals surface area contributed by atoms with Crippen molar-refractivity contribution >= 4 is 17.6 Å². The number of fused-ring (bicyclic) bond motifs is 1. The summed E-state index contributed by atoms with van der Waals surface area (Å²) in [5, 5.41) is 9.39. The zero-order chi connectivity index (χ0) is 16.6. The van der Waals surface area contributed by atoms with Gasteiger partial charge in [0, 0.05) is 5.69 Å². The Labute approximate surface area is 134 Å². The topological polar surface area (TPSA) is 57.6 Å². The van der Waals surface area contributed by atoms with Crippen molar-refractivity contribution in [3.8, 4) is 0 Å². The van der Waals surface area contributed by atoms with Gasteiger partial charge in [-0.2, -0.15) is 0 Å². The summed E-state index contributed by atoms with van der Waals surface area (Å²) in [6.45, 7) is 5.73. The van der Waals surface area contributed by atoms with Crippen molar-refractivity contribution in [2.24, 2.45) is 0 Å². The second-order valence-corrected chi connectivity index (χ2v) is 5.63. The number of aromatic carboxylic acids is 1. The molecule has 0 aliphatic carbocycles. The highest BCUT2D eigenvalue weighted by molar-refractivity contribution is 6.16. The van der Waals surface area contributed by atoms with E-state index in [9.17, 15) is 14.7 Å². The van der Waals surface area contributed by atoms with Crippen LogP contribution in [0, 0.1) is 6.92 Å². The first kappa shape index (κ1) is 15.0. The van der Waals surface area contributed by atoms with E-state index >= 15 is 0 Å². The van der Waals surface area contributed by atoms with Gasteiger partial charge in [0.15, 0.2) is 0 Å². The van der Waals surface area contributed by atoms with Crippen LogP contribution in [0.5, 0.6) is 0 Å². The number of carbonyl (C=O) groups excluding carboxylic acids is 1. The zero-order valence-electron chi connectivity index (χ0n) is 12.8. The smallest absolute Gasteiger partial charge is 0.336 e. The molecule has 1 N–H and O–H groups in total. The van der Waals surface area contributed by atoms with Gasteiger partial charge in [0.25, 0.3) is 5.91 Å². The van der Waals surface area contributed by atoms with Crippen molar-refractivity contribution in [2.75, 3.05) is 4.90 Å². The predicted molar refractivity (Wildman–Crippen MR) is 88.9 cm³/mol. The summed E-state index contributed by atoms with van der Waals surface area (Å²) in [5.41, 5.74) is 2.90. The Hall–Kier alpha value is -2.88. The van der Waals surface area contributed by atoms with Gasteiger partial charge >= 0.3 is 5.97 Å². The Kier molecular flexibility index (Phi) is 3.74. The van der Waals surface area contributed by atoms with Gasteiger partial charge in [-0.1, -0.05) is 30.3 Å². The van der Waals surface area contributed by atoms with Crippen molar-refractivity contribution in [3.05, 3.63) is 77.4 Å². The molecule has 2 aromatic rings. The number of rotatable bonds is 4. The third-order valence-corrected chi connectivity index (χ3v) is 4.10. The minimum atomic E-state index is -1.08. The summed E-state index contributed by atoms with van der Waals surface area (Å²) in [6, 6.07) is 12.4. The summed E-state index contributed by atoms with van der Waals surface area (Å²) >= 11 is 0. The van der Waals surface area contributed by atoms with E-state index in [1.165, 1.54) is 6.07 Å². The number of benzene rings is 2. The van der Waals surface area contributed by atoms with E-state index in [-0.39, 0.29) is 23.1 Å². The molecular formula is C19H17NO3. The van der Waals surface area contributed by atoms with Gasteiger partial charge in [-0.05, 0) is 42.7 Å². The fraction of sp³-hybridized carbons (Fsp3) is 0.158. The van der Waals surface area contributed by atoms with Crippen molar-refractivity contribution in [3.63, 3.8) is 0 Å². The highest BCUT2D eigenvalue weighted by Crippen LogP contribution is 2.41. The molecule has 0 aromatic heterocycles. The SMILES string of the molecule is C=CC[C@@H]1c2cccc(C(=O)O)c2C(=O)N1c1cccc(C)c1. The second-order valence-electron chi connectivity index (χ2n) is 5.63. The van der Waals surface area contributed by atoms with Crippen LogP contribution in [-0.4, -0.2) is 17.0 Å². The number of hydrogen-bond acceptors (Lipinski definition) is 2. The average molecular weight is 307 g/mol. The molecule has 0 spiro atoms. The van der Waals surface area contributed by atoms with Crippen molar-refractivity contribution in [2.45, 2.75) is 19.4 Å². The quantitative estimate of drug-likeness (QED) is 0.869. The van der Waals surface area contributed by atoms with Crippen molar-refractivity contribution in [1.82, 2.24) is 0 Å². The number of aryl methyl sites for hydroxylation is 1. The molecule has 23 heavy (non-hydrogen) atoms. The van der Waals surface area contributed by atoms with Crippen molar-refractivity contribution in [1.29, 1.82) is 0 Å². The van der Waals surface area contributed by atoms with Gasteiger partial charge in [-0.25, -0.2) is 4.79 Å². The Bertz CT molecular complexity index is 810. The maximum absolute atomic E-state index is 12.9. The molecule has 4 nitrogen and oxygen atoms in total. The molecule has 116 valence electrons. The van der Waals surface area contributed by atoms with Crippen molar-refractivity contribution < 1.29 is 14.7 Å². The minimum Gasteiger partial charge on any atom is -0.478 e. The van der Waals surface area contributed by atoms with Gasteiger partial charge < -0.3 is 10.0 Å². The van der Waals surface area contributed by atoms with Gasteiger partial charge in [0.2, 0.25) is 0 Å². The maximum atomic E-state index is 12.9. The van der Waals surface area contributed by atoms with Crippen LogP contribution in [-0.2, 0) is 0 Å². The zero-order valence-corrected chi connectivity index (χ0v) is 12.8. The van der Waals surface area contributed by atoms with Crippen LogP contribution < -0.4 is 4.90 Å². The molecule has 1 aliphatic rings. The van der Waals surface area contributed by atoms with E-state index in [4.69, 9.17) is 0 Å². The maximum Gasteiger partial charge on any atom is 0.336 e. The minimum absolute atomic E-state index is 0.0525. The van der Waals surface area contributed by atoms with Gasteiger partial charge in [0.05, 0.1) is 17.2 Å². The molecule has 3 rings (SSSR count). The molecule has 1 aliphatic heterocycles. The van der Waals surface area contributed by atoms with E-state index in [0.717, 1.165) is 16.8 Å². The molecule has 0 radical (unpaired) electrons. The monoisotopic (exact) mass is 307 g/mol. The predicted octanol–water partition coefficient (Wildman–Crippen LogP) is 3.97. The summed E-state index contributed by atoms with van der Waals surface area (Å²) in [7, 11) is 0. The Morgan fingerprint density at radius 1 is 1.30 bits per heavy atom. The molecule has 0 fully saturated rings. The molecule has 0 bridgehead atoms. The molecule has 2 aromatic carbocycles. The molecule has 0 saturated carbocycles. The van der Waals surface area contributed by atoms with Crippen LogP contribution in [0.1, 0.15) is 44.3 Å². The molecule has 1 heterocycles. The standard InChI is InChI=1S/C19H17NO3/c1-3-6-16-14-9-5-10-15(19(22)23)17(14)18(21)20(16)13-8-4-7-12(2)11-13/h3-5,7-11,16H,1,6H2,2H3,(H,22,23)/t16-/m1/s1. The van der Waals surface area contributed by atoms with Gasteiger partial charge in [0.1, 0.15) is 0 Å². The Balaban J connectivity index is 2.19. The number of amides is 1. The lowest BCUT2D eigenvalue weighted by Gasteiger charge is -2.25. The van der Waals surface area contributed by atoms with Crippen LogP contribution >= 0.6 is 0 Å². The summed E-state index contributed by atoms with van der Waals surface area (Å²) in [4.78, 5) is 26.1. The summed E-state index contributed by atoms with van der Waals surface area (Å²) < 4.78 is 0. The van der Waals surface area contributed by atoms with Crippen LogP contribution in [0.2, 0.25) is 0 Å². The largest absolute Gasteiger partial charge is 0.478 e. The van der Waals surface area contributed by atoms with E-state index in [2.05, 4.69) is 6.58 Å². The van der Waals surface area contributed by atoms with Gasteiger partial charge in [-0.15, -0.1) is 6.58 Å². The Morgan fingerprint density at radius 3 is 2.70 bits per heavy atom. The lowest BCUT2D eigenvalue weighted by atomic mass is 9.98. The van der Waals surface area contributed by atoms with Crippen LogP contribution in [0.3, 0.4) is 0 Å². The molecule has 1 atom stereocenters. The number of nitrogens with zero attached hydrogens (tertiary/aromatic N) is 1. The molecule has 4 heteroatoms. The van der Waals surface area contributed by atoms with Crippen LogP contribution in [0.15, 0.2) is 55.1 Å². The normalized spacial score (nSPS) is 16.3. The Morgan fingerprint density at radius 2 is 2.04 bits per heavy atom. The van der Waals surface area contributed by atoms with Crippen LogP contribution in [0.4, 0.5) is 5.69 Å². The van der Waals surface area contributed by atoms with Gasteiger partial charge in [-0.3, -0.25) is 4.79 Å². The van der Waals surface area contributed by atoms with E-state index in [0.29, 0.717) is 6.42 Å². The summed E-state index contributed by atoms with van der Waals surface area (Å²) in [6.07, 6.45) is 2.32. The highest BCUT2D eigenvalue weighted by atomic mass is 16.4. The van der Waals surface area contributed by atoms with E-state index in [1.807, 2.05) is 37.3 Å². The second kappa shape index (κ2) is 5.72. The van der Waals surface area contributed by atoms with E-state index < -0.39 is 5.97 Å². The molecule has 0 unspecified atom stereocenters. The lowest BCUT2D eigenvalue weighted by Crippen LogP contribution is -2.28. The number of hydrogen-bond donors (Lipinski definition) is 1. The summed E-state index contributed by atoms with van der Waals surface area (Å²) in [5.74, 6) is -1.35. The van der Waals surface area contributed by atoms with E-state index in [1.54, 1.807) is 17.0 Å². The third kappa shape index (κ3) is 2.42. The number of anilines is 1. The fourth-order valence-electron chi connectivity index (χ4n) is 3.13. The molecular weight excluding hydrogens is 290 g/mol.